The molecule has 1 aromatic heterocycles. The Morgan fingerprint density at radius 3 is 2.59 bits per heavy atom. The minimum Gasteiger partial charge on any atom is -0.399 e. The lowest BCUT2D eigenvalue weighted by atomic mass is 10.1. The largest absolute Gasteiger partial charge is 0.399 e. The lowest BCUT2D eigenvalue weighted by Gasteiger charge is -2.09. The SMILES string of the molecule is CC(C)n1cc(CN(C)C)c2cc(N)ccc21. The first-order chi connectivity index (χ1) is 7.99. The normalized spacial score (nSPS) is 11.9. The number of nitrogens with zero attached hydrogens (tertiary/aromatic N) is 2. The molecule has 0 aliphatic rings. The van der Waals surface area contributed by atoms with Gasteiger partial charge in [0.2, 0.25) is 0 Å². The van der Waals surface area contributed by atoms with E-state index in [-0.39, 0.29) is 0 Å². The smallest absolute Gasteiger partial charge is 0.0487 e. The van der Waals surface area contributed by atoms with Crippen molar-refractivity contribution < 1.29 is 0 Å². The van der Waals surface area contributed by atoms with E-state index in [0.29, 0.717) is 6.04 Å². The molecule has 0 fully saturated rings. The van der Waals surface area contributed by atoms with Crippen LogP contribution in [0.2, 0.25) is 0 Å². The predicted molar refractivity (Wildman–Crippen MR) is 74.1 cm³/mol. The molecule has 0 bridgehead atoms. The topological polar surface area (TPSA) is 34.2 Å². The zero-order valence-corrected chi connectivity index (χ0v) is 11.1. The van der Waals surface area contributed by atoms with Crippen molar-refractivity contribution in [3.63, 3.8) is 0 Å². The van der Waals surface area contributed by atoms with E-state index < -0.39 is 0 Å². The summed E-state index contributed by atoms with van der Waals surface area (Å²) in [5.41, 5.74) is 9.33. The van der Waals surface area contributed by atoms with Crippen molar-refractivity contribution in [2.75, 3.05) is 19.8 Å². The van der Waals surface area contributed by atoms with Crippen LogP contribution in [0.4, 0.5) is 5.69 Å². The molecule has 2 rings (SSSR count). The highest BCUT2D eigenvalue weighted by Crippen LogP contribution is 2.27. The minimum absolute atomic E-state index is 0.469. The molecule has 0 amide bonds. The van der Waals surface area contributed by atoms with Gasteiger partial charge in [0.15, 0.2) is 0 Å². The van der Waals surface area contributed by atoms with Crippen molar-refractivity contribution >= 4 is 16.6 Å². The molecule has 1 heterocycles. The maximum atomic E-state index is 5.89. The summed E-state index contributed by atoms with van der Waals surface area (Å²) in [6.07, 6.45) is 2.24. The van der Waals surface area contributed by atoms with Crippen LogP contribution in [0.1, 0.15) is 25.5 Å². The van der Waals surface area contributed by atoms with Crippen molar-refractivity contribution in [1.29, 1.82) is 0 Å². The molecule has 2 N–H and O–H groups in total. The molecule has 3 nitrogen and oxygen atoms in total. The zero-order chi connectivity index (χ0) is 12.6. The highest BCUT2D eigenvalue weighted by atomic mass is 15.1. The molecular weight excluding hydrogens is 210 g/mol. The predicted octanol–water partition coefficient (Wildman–Crippen LogP) is 2.87. The zero-order valence-electron chi connectivity index (χ0n) is 11.1. The van der Waals surface area contributed by atoms with Gasteiger partial charge in [-0.1, -0.05) is 0 Å². The second-order valence-electron chi connectivity index (χ2n) is 5.17. The fourth-order valence-corrected chi connectivity index (χ4v) is 2.24. The van der Waals surface area contributed by atoms with Crippen molar-refractivity contribution in [2.45, 2.75) is 26.4 Å². The third-order valence-corrected chi connectivity index (χ3v) is 2.98. The van der Waals surface area contributed by atoms with E-state index in [2.05, 4.69) is 55.7 Å². The van der Waals surface area contributed by atoms with Crippen LogP contribution in [0.15, 0.2) is 24.4 Å². The standard InChI is InChI=1S/C14H21N3/c1-10(2)17-9-11(8-16(3)4)13-7-12(15)5-6-14(13)17/h5-7,9-10H,8,15H2,1-4H3. The van der Waals surface area contributed by atoms with E-state index in [9.17, 15) is 0 Å². The Hall–Kier alpha value is -1.48. The van der Waals surface area contributed by atoms with Crippen LogP contribution in [-0.2, 0) is 6.54 Å². The summed E-state index contributed by atoms with van der Waals surface area (Å²) in [7, 11) is 4.18. The van der Waals surface area contributed by atoms with Crippen molar-refractivity contribution in [1.82, 2.24) is 9.47 Å². The average Bonchev–Trinajstić information content (AvgIpc) is 2.56. The molecule has 92 valence electrons. The maximum absolute atomic E-state index is 5.89. The number of hydrogen-bond acceptors (Lipinski definition) is 2. The Labute approximate surface area is 103 Å². The summed E-state index contributed by atoms with van der Waals surface area (Å²) < 4.78 is 2.31. The highest BCUT2D eigenvalue weighted by Gasteiger charge is 2.11. The van der Waals surface area contributed by atoms with Gasteiger partial charge in [-0.3, -0.25) is 0 Å². The Bertz CT molecular complexity index is 523. The number of hydrogen-bond donors (Lipinski definition) is 1. The fraction of sp³-hybridized carbons (Fsp3) is 0.429. The molecule has 0 aliphatic carbocycles. The first-order valence-electron chi connectivity index (χ1n) is 6.02. The van der Waals surface area contributed by atoms with Crippen molar-refractivity contribution in [3.8, 4) is 0 Å². The van der Waals surface area contributed by atoms with Crippen LogP contribution in [0, 0.1) is 0 Å². The van der Waals surface area contributed by atoms with Crippen LogP contribution in [0.3, 0.4) is 0 Å². The van der Waals surface area contributed by atoms with E-state index in [1.165, 1.54) is 16.5 Å². The summed E-state index contributed by atoms with van der Waals surface area (Å²) >= 11 is 0. The first kappa shape index (κ1) is 12.0. The summed E-state index contributed by atoms with van der Waals surface area (Å²) in [5.74, 6) is 0. The van der Waals surface area contributed by atoms with Gasteiger partial charge in [0.25, 0.3) is 0 Å². The van der Waals surface area contributed by atoms with Gasteiger partial charge in [-0.15, -0.1) is 0 Å². The molecule has 1 aromatic carbocycles. The van der Waals surface area contributed by atoms with Gasteiger partial charge in [0.05, 0.1) is 0 Å². The number of fused-ring (bicyclic) bond motifs is 1. The number of rotatable bonds is 3. The fourth-order valence-electron chi connectivity index (χ4n) is 2.24. The van der Waals surface area contributed by atoms with E-state index in [1.807, 2.05) is 6.07 Å². The van der Waals surface area contributed by atoms with Gasteiger partial charge in [-0.25, -0.2) is 0 Å². The molecule has 0 unspecified atom stereocenters. The highest BCUT2D eigenvalue weighted by molar-refractivity contribution is 5.87. The summed E-state index contributed by atoms with van der Waals surface area (Å²) in [4.78, 5) is 2.18. The summed E-state index contributed by atoms with van der Waals surface area (Å²) in [5, 5.41) is 1.27. The van der Waals surface area contributed by atoms with Crippen LogP contribution in [0.25, 0.3) is 10.9 Å². The molecule has 0 saturated carbocycles. The third kappa shape index (κ3) is 2.29. The van der Waals surface area contributed by atoms with Crippen molar-refractivity contribution in [3.05, 3.63) is 30.0 Å². The summed E-state index contributed by atoms with van der Waals surface area (Å²) in [6, 6.07) is 6.63. The second-order valence-corrected chi connectivity index (χ2v) is 5.17. The van der Waals surface area contributed by atoms with E-state index in [0.717, 1.165) is 12.2 Å². The Morgan fingerprint density at radius 2 is 2.00 bits per heavy atom. The van der Waals surface area contributed by atoms with Crippen LogP contribution in [0.5, 0.6) is 0 Å². The van der Waals surface area contributed by atoms with E-state index in [1.54, 1.807) is 0 Å². The van der Waals surface area contributed by atoms with Gasteiger partial charge >= 0.3 is 0 Å². The molecule has 0 radical (unpaired) electrons. The Morgan fingerprint density at radius 1 is 1.29 bits per heavy atom. The number of benzene rings is 1. The number of anilines is 1. The lowest BCUT2D eigenvalue weighted by molar-refractivity contribution is 0.403. The molecule has 0 spiro atoms. The number of nitrogen functional groups attached to an aromatic ring is 1. The van der Waals surface area contributed by atoms with E-state index in [4.69, 9.17) is 5.73 Å². The maximum Gasteiger partial charge on any atom is 0.0487 e. The average molecular weight is 231 g/mol. The van der Waals surface area contributed by atoms with Gasteiger partial charge in [-0.05, 0) is 51.7 Å². The molecule has 0 aliphatic heterocycles. The number of aromatic nitrogens is 1. The third-order valence-electron chi connectivity index (χ3n) is 2.98. The summed E-state index contributed by atoms with van der Waals surface area (Å²) in [6.45, 7) is 5.35. The van der Waals surface area contributed by atoms with Crippen LogP contribution in [-0.4, -0.2) is 23.6 Å². The van der Waals surface area contributed by atoms with Gasteiger partial charge < -0.3 is 15.2 Å². The van der Waals surface area contributed by atoms with Crippen LogP contribution < -0.4 is 5.73 Å². The van der Waals surface area contributed by atoms with Gasteiger partial charge in [0, 0.05) is 35.4 Å². The Balaban J connectivity index is 2.62. The monoisotopic (exact) mass is 231 g/mol. The second kappa shape index (κ2) is 4.41. The van der Waals surface area contributed by atoms with Gasteiger partial charge in [0.1, 0.15) is 0 Å². The molecule has 0 atom stereocenters. The van der Waals surface area contributed by atoms with E-state index >= 15 is 0 Å². The Kier molecular flexibility index (Phi) is 3.11. The first-order valence-corrected chi connectivity index (χ1v) is 6.02. The molecule has 0 saturated heterocycles. The molecule has 2 aromatic rings. The van der Waals surface area contributed by atoms with Crippen molar-refractivity contribution in [2.24, 2.45) is 0 Å². The minimum atomic E-state index is 0.469. The molecule has 3 heteroatoms. The number of nitrogens with two attached hydrogens (primary N) is 1. The quantitative estimate of drug-likeness (QED) is 0.824. The molecule has 17 heavy (non-hydrogen) atoms. The van der Waals surface area contributed by atoms with Gasteiger partial charge in [-0.2, -0.15) is 0 Å². The molecular formula is C14H21N3. The lowest BCUT2D eigenvalue weighted by Crippen LogP contribution is -2.10. The van der Waals surface area contributed by atoms with Crippen LogP contribution >= 0.6 is 0 Å².